The minimum atomic E-state index is 0.130. The molecule has 0 aliphatic carbocycles. The lowest BCUT2D eigenvalue weighted by atomic mass is 10.0. The molecule has 1 saturated heterocycles. The van der Waals surface area contributed by atoms with E-state index in [0.29, 0.717) is 13.0 Å². The molecule has 2 aromatic carbocycles. The maximum Gasteiger partial charge on any atom is 0.227 e. The van der Waals surface area contributed by atoms with Crippen molar-refractivity contribution in [3.8, 4) is 0 Å². The lowest BCUT2D eigenvalue weighted by molar-refractivity contribution is -0.117. The second-order valence-corrected chi connectivity index (χ2v) is 7.17. The molecule has 2 heterocycles. The molecular formula is C21H23N3O. The first-order valence-electron chi connectivity index (χ1n) is 8.75. The van der Waals surface area contributed by atoms with Crippen LogP contribution in [0.2, 0.25) is 0 Å². The molecule has 0 N–H and O–H groups in total. The number of hydrogen-bond donors (Lipinski definition) is 0. The summed E-state index contributed by atoms with van der Waals surface area (Å²) in [6.07, 6.45) is 0.518. The summed E-state index contributed by atoms with van der Waals surface area (Å²) < 4.78 is 2.13. The fraction of sp³-hybridized carbons (Fsp3) is 0.333. The van der Waals surface area contributed by atoms with Crippen molar-refractivity contribution in [2.75, 3.05) is 11.4 Å². The topological polar surface area (TPSA) is 38.1 Å². The van der Waals surface area contributed by atoms with Gasteiger partial charge in [-0.1, -0.05) is 29.8 Å². The fourth-order valence-electron chi connectivity index (χ4n) is 4.22. The Balaban J connectivity index is 1.72. The van der Waals surface area contributed by atoms with Gasteiger partial charge in [-0.05, 0) is 44.0 Å². The first-order valence-corrected chi connectivity index (χ1v) is 8.75. The smallest absolute Gasteiger partial charge is 0.227 e. The molecule has 0 radical (unpaired) electrons. The summed E-state index contributed by atoms with van der Waals surface area (Å²) in [6.45, 7) is 6.97. The van der Waals surface area contributed by atoms with Crippen molar-refractivity contribution < 1.29 is 4.79 Å². The number of imidazole rings is 1. The molecule has 4 nitrogen and oxygen atoms in total. The Labute approximate surface area is 148 Å². The van der Waals surface area contributed by atoms with Crippen LogP contribution in [0.1, 0.15) is 34.9 Å². The van der Waals surface area contributed by atoms with E-state index in [2.05, 4.69) is 43.5 Å². The van der Waals surface area contributed by atoms with E-state index >= 15 is 0 Å². The Bertz CT molecular complexity index is 963. The van der Waals surface area contributed by atoms with Crippen molar-refractivity contribution in [1.82, 2.24) is 9.55 Å². The van der Waals surface area contributed by atoms with Crippen LogP contribution in [0.15, 0.2) is 36.4 Å². The molecule has 0 bridgehead atoms. The van der Waals surface area contributed by atoms with E-state index < -0.39 is 0 Å². The van der Waals surface area contributed by atoms with E-state index in [1.807, 2.05) is 30.1 Å². The van der Waals surface area contributed by atoms with Gasteiger partial charge in [0.25, 0.3) is 0 Å². The van der Waals surface area contributed by atoms with Gasteiger partial charge in [0.05, 0.1) is 11.0 Å². The number of hydrogen-bond acceptors (Lipinski definition) is 2. The molecule has 1 amide bonds. The van der Waals surface area contributed by atoms with Gasteiger partial charge in [-0.15, -0.1) is 0 Å². The molecule has 1 aliphatic heterocycles. The monoisotopic (exact) mass is 333 g/mol. The van der Waals surface area contributed by atoms with Crippen molar-refractivity contribution >= 4 is 22.6 Å². The molecular weight excluding hydrogens is 310 g/mol. The van der Waals surface area contributed by atoms with Gasteiger partial charge in [-0.3, -0.25) is 4.79 Å². The zero-order valence-electron chi connectivity index (χ0n) is 15.2. The average Bonchev–Trinajstić information content (AvgIpc) is 3.08. The lowest BCUT2D eigenvalue weighted by Gasteiger charge is -2.22. The molecule has 1 aromatic heterocycles. The number of benzene rings is 2. The molecule has 0 spiro atoms. The second-order valence-electron chi connectivity index (χ2n) is 7.17. The number of carbonyl (C=O) groups is 1. The van der Waals surface area contributed by atoms with Gasteiger partial charge in [0.1, 0.15) is 5.82 Å². The highest BCUT2D eigenvalue weighted by atomic mass is 16.2. The third-order valence-corrected chi connectivity index (χ3v) is 5.22. The van der Waals surface area contributed by atoms with Crippen LogP contribution in [0.25, 0.3) is 11.0 Å². The Morgan fingerprint density at radius 1 is 1.08 bits per heavy atom. The van der Waals surface area contributed by atoms with Crippen LogP contribution in [0.3, 0.4) is 0 Å². The minimum Gasteiger partial charge on any atom is -0.331 e. The number of para-hydroxylation sites is 2. The van der Waals surface area contributed by atoms with Crippen LogP contribution in [0.4, 0.5) is 5.69 Å². The average molecular weight is 333 g/mol. The Kier molecular flexibility index (Phi) is 3.64. The zero-order chi connectivity index (χ0) is 17.7. The van der Waals surface area contributed by atoms with Gasteiger partial charge >= 0.3 is 0 Å². The quantitative estimate of drug-likeness (QED) is 0.710. The Hall–Kier alpha value is -2.62. The summed E-state index contributed by atoms with van der Waals surface area (Å²) in [5.74, 6) is 1.32. The number of fused-ring (bicyclic) bond motifs is 1. The van der Waals surface area contributed by atoms with E-state index in [1.54, 1.807) is 0 Å². The molecule has 4 rings (SSSR count). The molecule has 3 aromatic rings. The van der Waals surface area contributed by atoms with Crippen molar-refractivity contribution in [1.29, 1.82) is 0 Å². The SMILES string of the molecule is Cc1cc(C)c(N2CC(c3nc4ccccc4n3C)CC2=O)c(C)c1. The summed E-state index contributed by atoms with van der Waals surface area (Å²) in [7, 11) is 2.04. The van der Waals surface area contributed by atoms with Gasteiger partial charge in [0.2, 0.25) is 5.91 Å². The standard InChI is InChI=1S/C21H23N3O/c1-13-9-14(2)20(15(3)10-13)24-12-16(11-19(24)25)21-22-17-7-5-6-8-18(17)23(21)4/h5-10,16H,11-12H2,1-4H3. The third-order valence-electron chi connectivity index (χ3n) is 5.22. The van der Waals surface area contributed by atoms with Crippen LogP contribution in [0, 0.1) is 20.8 Å². The van der Waals surface area contributed by atoms with Crippen LogP contribution in [0.5, 0.6) is 0 Å². The normalized spacial score (nSPS) is 17.7. The van der Waals surface area contributed by atoms with Gasteiger partial charge < -0.3 is 9.47 Å². The summed E-state index contributed by atoms with van der Waals surface area (Å²) in [5.41, 5.74) is 6.74. The first-order chi connectivity index (χ1) is 12.0. The predicted molar refractivity (Wildman–Crippen MR) is 101 cm³/mol. The number of nitrogens with zero attached hydrogens (tertiary/aromatic N) is 3. The van der Waals surface area contributed by atoms with Gasteiger partial charge in [-0.2, -0.15) is 0 Å². The lowest BCUT2D eigenvalue weighted by Crippen LogP contribution is -2.26. The summed E-state index contributed by atoms with van der Waals surface area (Å²) >= 11 is 0. The van der Waals surface area contributed by atoms with Gasteiger partial charge in [-0.25, -0.2) is 4.98 Å². The van der Waals surface area contributed by atoms with Crippen molar-refractivity contribution in [3.63, 3.8) is 0 Å². The maximum absolute atomic E-state index is 12.8. The first kappa shape index (κ1) is 15.9. The van der Waals surface area contributed by atoms with E-state index in [-0.39, 0.29) is 11.8 Å². The van der Waals surface area contributed by atoms with Crippen molar-refractivity contribution in [3.05, 3.63) is 58.9 Å². The van der Waals surface area contributed by atoms with Crippen LogP contribution in [-0.4, -0.2) is 22.0 Å². The molecule has 1 aliphatic rings. The number of carbonyl (C=O) groups excluding carboxylic acids is 1. The van der Waals surface area contributed by atoms with Gasteiger partial charge in [0, 0.05) is 31.6 Å². The highest BCUT2D eigenvalue weighted by Gasteiger charge is 2.35. The molecule has 128 valence electrons. The highest BCUT2D eigenvalue weighted by molar-refractivity contribution is 5.98. The molecule has 1 fully saturated rings. The van der Waals surface area contributed by atoms with Crippen molar-refractivity contribution in [2.24, 2.45) is 7.05 Å². The molecule has 1 atom stereocenters. The zero-order valence-corrected chi connectivity index (χ0v) is 15.2. The summed E-state index contributed by atoms with van der Waals surface area (Å²) in [5, 5.41) is 0. The van der Waals surface area contributed by atoms with E-state index in [1.165, 1.54) is 5.56 Å². The van der Waals surface area contributed by atoms with Gasteiger partial charge in [0.15, 0.2) is 0 Å². The van der Waals surface area contributed by atoms with Crippen LogP contribution in [-0.2, 0) is 11.8 Å². The Morgan fingerprint density at radius 3 is 2.44 bits per heavy atom. The van der Waals surface area contributed by atoms with E-state index in [4.69, 9.17) is 4.98 Å². The molecule has 4 heteroatoms. The molecule has 0 saturated carbocycles. The van der Waals surface area contributed by atoms with Crippen LogP contribution >= 0.6 is 0 Å². The predicted octanol–water partition coefficient (Wildman–Crippen LogP) is 4.02. The molecule has 25 heavy (non-hydrogen) atoms. The largest absolute Gasteiger partial charge is 0.331 e. The van der Waals surface area contributed by atoms with E-state index in [0.717, 1.165) is 33.7 Å². The third kappa shape index (κ3) is 2.53. The maximum atomic E-state index is 12.8. The van der Waals surface area contributed by atoms with E-state index in [9.17, 15) is 4.79 Å². The van der Waals surface area contributed by atoms with Crippen LogP contribution < -0.4 is 4.90 Å². The van der Waals surface area contributed by atoms with Crippen molar-refractivity contribution in [2.45, 2.75) is 33.1 Å². The number of amides is 1. The molecule has 1 unspecified atom stereocenters. The summed E-state index contributed by atoms with van der Waals surface area (Å²) in [6, 6.07) is 12.4. The fourth-order valence-corrected chi connectivity index (χ4v) is 4.22. The highest BCUT2D eigenvalue weighted by Crippen LogP contribution is 2.36. The minimum absolute atomic E-state index is 0.130. The second kappa shape index (κ2) is 5.73. The number of rotatable bonds is 2. The number of aryl methyl sites for hydroxylation is 4. The summed E-state index contributed by atoms with van der Waals surface area (Å²) in [4.78, 5) is 19.5. The number of anilines is 1. The number of aromatic nitrogens is 2. The Morgan fingerprint density at radius 2 is 1.76 bits per heavy atom.